The van der Waals surface area contributed by atoms with Crippen molar-refractivity contribution >= 4 is 6.01 Å². The van der Waals surface area contributed by atoms with Gasteiger partial charge in [-0.2, -0.15) is 0 Å². The molecule has 0 unspecified atom stereocenters. The van der Waals surface area contributed by atoms with Crippen molar-refractivity contribution in [1.29, 1.82) is 0 Å². The fourth-order valence-electron chi connectivity index (χ4n) is 1.31. The predicted molar refractivity (Wildman–Crippen MR) is 66.9 cm³/mol. The molecule has 2 N–H and O–H groups in total. The molecule has 2 heterocycles. The van der Waals surface area contributed by atoms with Crippen LogP contribution in [-0.4, -0.2) is 15.7 Å². The van der Waals surface area contributed by atoms with Crippen molar-refractivity contribution in [2.24, 2.45) is 0 Å². The van der Waals surface area contributed by atoms with Crippen LogP contribution in [0.4, 0.5) is 6.01 Å². The van der Waals surface area contributed by atoms with Crippen LogP contribution in [0.15, 0.2) is 27.4 Å². The molecule has 0 atom stereocenters. The van der Waals surface area contributed by atoms with E-state index in [0.717, 1.165) is 5.56 Å². The highest BCUT2D eigenvalue weighted by molar-refractivity contribution is 5.20. The molecule has 0 spiro atoms. The molecule has 0 aromatic carbocycles. The Morgan fingerprint density at radius 2 is 2.06 bits per heavy atom. The molecular formula is C12H18N4O2. The molecule has 0 aliphatic heterocycles. The van der Waals surface area contributed by atoms with Crippen molar-refractivity contribution in [2.75, 3.05) is 5.32 Å². The lowest BCUT2D eigenvalue weighted by molar-refractivity contribution is 0.383. The van der Waals surface area contributed by atoms with Crippen LogP contribution in [0, 0.1) is 0 Å². The van der Waals surface area contributed by atoms with Crippen molar-refractivity contribution < 1.29 is 8.83 Å². The van der Waals surface area contributed by atoms with Crippen molar-refractivity contribution in [3.8, 4) is 0 Å². The van der Waals surface area contributed by atoms with Crippen molar-refractivity contribution in [2.45, 2.75) is 39.4 Å². The van der Waals surface area contributed by atoms with E-state index < -0.39 is 0 Å². The second-order valence-electron chi connectivity index (χ2n) is 5.09. The maximum absolute atomic E-state index is 5.45. The molecule has 0 bridgehead atoms. The molecule has 6 heteroatoms. The van der Waals surface area contributed by atoms with Gasteiger partial charge in [0, 0.05) is 17.6 Å². The molecule has 18 heavy (non-hydrogen) atoms. The van der Waals surface area contributed by atoms with Gasteiger partial charge in [-0.25, -0.2) is 0 Å². The largest absolute Gasteiger partial charge is 0.472 e. The Morgan fingerprint density at radius 1 is 1.22 bits per heavy atom. The lowest BCUT2D eigenvalue weighted by Crippen LogP contribution is -2.35. The quantitative estimate of drug-likeness (QED) is 0.847. The van der Waals surface area contributed by atoms with Crippen LogP contribution < -0.4 is 10.6 Å². The normalized spacial score (nSPS) is 11.7. The lowest BCUT2D eigenvalue weighted by atomic mass is 10.1. The zero-order valence-corrected chi connectivity index (χ0v) is 10.9. The van der Waals surface area contributed by atoms with E-state index in [1.54, 1.807) is 12.5 Å². The van der Waals surface area contributed by atoms with Crippen molar-refractivity contribution in [3.05, 3.63) is 30.0 Å². The number of hydrogen-bond donors (Lipinski definition) is 2. The van der Waals surface area contributed by atoms with Gasteiger partial charge in [-0.3, -0.25) is 0 Å². The molecule has 0 saturated heterocycles. The van der Waals surface area contributed by atoms with E-state index in [9.17, 15) is 0 Å². The molecular weight excluding hydrogens is 232 g/mol. The Balaban J connectivity index is 1.82. The highest BCUT2D eigenvalue weighted by Crippen LogP contribution is 2.09. The molecule has 0 aliphatic rings. The highest BCUT2D eigenvalue weighted by Gasteiger charge is 2.12. The molecule has 2 rings (SSSR count). The van der Waals surface area contributed by atoms with Gasteiger partial charge in [0.15, 0.2) is 0 Å². The summed E-state index contributed by atoms with van der Waals surface area (Å²) in [5, 5.41) is 14.2. The number of furan rings is 1. The summed E-state index contributed by atoms with van der Waals surface area (Å²) in [4.78, 5) is 0. The summed E-state index contributed by atoms with van der Waals surface area (Å²) >= 11 is 0. The van der Waals surface area contributed by atoms with Gasteiger partial charge in [-0.05, 0) is 26.8 Å². The van der Waals surface area contributed by atoms with E-state index in [1.807, 2.05) is 6.07 Å². The van der Waals surface area contributed by atoms with E-state index in [2.05, 4.69) is 41.6 Å². The number of nitrogens with zero attached hydrogens (tertiary/aromatic N) is 2. The second-order valence-corrected chi connectivity index (χ2v) is 5.09. The second kappa shape index (κ2) is 5.22. The summed E-state index contributed by atoms with van der Waals surface area (Å²) in [6.07, 6.45) is 3.30. The summed E-state index contributed by atoms with van der Waals surface area (Å²) < 4.78 is 10.4. The third kappa shape index (κ3) is 3.89. The first-order valence-electron chi connectivity index (χ1n) is 5.85. The first-order chi connectivity index (χ1) is 8.53. The smallest absolute Gasteiger partial charge is 0.315 e. The molecule has 0 saturated carbocycles. The van der Waals surface area contributed by atoms with Crippen molar-refractivity contribution in [3.63, 3.8) is 0 Å². The molecule has 0 aliphatic carbocycles. The molecule has 2 aromatic rings. The van der Waals surface area contributed by atoms with Crippen LogP contribution in [0.5, 0.6) is 0 Å². The Morgan fingerprint density at radius 3 is 2.72 bits per heavy atom. The Bertz CT molecular complexity index is 470. The minimum atomic E-state index is 0.0266. The van der Waals surface area contributed by atoms with Gasteiger partial charge in [-0.15, -0.1) is 5.10 Å². The Kier molecular flexibility index (Phi) is 3.66. The maximum Gasteiger partial charge on any atom is 0.315 e. The molecule has 0 amide bonds. The molecule has 0 fully saturated rings. The molecule has 6 nitrogen and oxygen atoms in total. The number of anilines is 1. The summed E-state index contributed by atoms with van der Waals surface area (Å²) in [5.41, 5.74) is 1.06. The number of rotatable bonds is 5. The monoisotopic (exact) mass is 250 g/mol. The van der Waals surface area contributed by atoms with E-state index >= 15 is 0 Å². The molecule has 0 radical (unpaired) electrons. The van der Waals surface area contributed by atoms with Gasteiger partial charge in [-0.1, -0.05) is 5.10 Å². The van der Waals surface area contributed by atoms with Crippen LogP contribution in [0.2, 0.25) is 0 Å². The van der Waals surface area contributed by atoms with Crippen molar-refractivity contribution in [1.82, 2.24) is 15.5 Å². The molecule has 98 valence electrons. The van der Waals surface area contributed by atoms with E-state index in [4.69, 9.17) is 8.83 Å². The van der Waals surface area contributed by atoms with Crippen LogP contribution in [0.1, 0.15) is 32.2 Å². The standard InChI is InChI=1S/C12H18N4O2/c1-12(2,3)14-7-10-15-16-11(18-10)13-6-9-4-5-17-8-9/h4-5,8,14H,6-7H2,1-3H3,(H,13,16). The van der Waals surface area contributed by atoms with E-state index in [-0.39, 0.29) is 5.54 Å². The zero-order chi connectivity index (χ0) is 13.0. The third-order valence-corrected chi connectivity index (χ3v) is 2.26. The van der Waals surface area contributed by atoms with Gasteiger partial charge in [0.2, 0.25) is 5.89 Å². The fraction of sp³-hybridized carbons (Fsp3) is 0.500. The first-order valence-corrected chi connectivity index (χ1v) is 5.85. The van der Waals surface area contributed by atoms with Crippen LogP contribution in [0.3, 0.4) is 0 Å². The van der Waals surface area contributed by atoms with E-state index in [0.29, 0.717) is 25.0 Å². The van der Waals surface area contributed by atoms with Crippen LogP contribution in [-0.2, 0) is 13.1 Å². The van der Waals surface area contributed by atoms with E-state index in [1.165, 1.54) is 0 Å². The average Bonchev–Trinajstić information content (AvgIpc) is 2.94. The Hall–Kier alpha value is -1.82. The minimum absolute atomic E-state index is 0.0266. The average molecular weight is 250 g/mol. The topological polar surface area (TPSA) is 76.1 Å². The van der Waals surface area contributed by atoms with Crippen LogP contribution in [0.25, 0.3) is 0 Å². The first kappa shape index (κ1) is 12.6. The Labute approximate surface area is 106 Å². The third-order valence-electron chi connectivity index (χ3n) is 2.26. The summed E-state index contributed by atoms with van der Waals surface area (Å²) in [5.74, 6) is 0.569. The fourth-order valence-corrected chi connectivity index (χ4v) is 1.31. The van der Waals surface area contributed by atoms with Gasteiger partial charge in [0.25, 0.3) is 0 Å². The predicted octanol–water partition coefficient (Wildman–Crippen LogP) is 2.16. The number of hydrogen-bond acceptors (Lipinski definition) is 6. The van der Waals surface area contributed by atoms with Gasteiger partial charge < -0.3 is 19.5 Å². The maximum atomic E-state index is 5.45. The zero-order valence-electron chi connectivity index (χ0n) is 10.9. The number of aromatic nitrogens is 2. The van der Waals surface area contributed by atoms with Crippen LogP contribution >= 0.6 is 0 Å². The lowest BCUT2D eigenvalue weighted by Gasteiger charge is -2.18. The summed E-state index contributed by atoms with van der Waals surface area (Å²) in [7, 11) is 0. The minimum Gasteiger partial charge on any atom is -0.472 e. The summed E-state index contributed by atoms with van der Waals surface area (Å²) in [6, 6.07) is 2.30. The number of nitrogens with one attached hydrogen (secondary N) is 2. The summed E-state index contributed by atoms with van der Waals surface area (Å²) in [6.45, 7) is 7.42. The SMILES string of the molecule is CC(C)(C)NCc1nnc(NCc2ccoc2)o1. The molecule has 2 aromatic heterocycles. The van der Waals surface area contributed by atoms with Gasteiger partial charge in [0.1, 0.15) is 0 Å². The highest BCUT2D eigenvalue weighted by atomic mass is 16.4. The van der Waals surface area contributed by atoms with Gasteiger partial charge >= 0.3 is 6.01 Å². The van der Waals surface area contributed by atoms with Gasteiger partial charge in [0.05, 0.1) is 19.1 Å².